The third-order valence-electron chi connectivity index (χ3n) is 4.59. The summed E-state index contributed by atoms with van der Waals surface area (Å²) in [6, 6.07) is 14.6. The molecule has 0 bridgehead atoms. The van der Waals surface area contributed by atoms with Gasteiger partial charge in [-0.3, -0.25) is 0 Å². The van der Waals surface area contributed by atoms with Crippen molar-refractivity contribution in [1.82, 2.24) is 0 Å². The van der Waals surface area contributed by atoms with Gasteiger partial charge >= 0.3 is 11.9 Å². The molecule has 0 N–H and O–H groups in total. The van der Waals surface area contributed by atoms with Gasteiger partial charge in [0.1, 0.15) is 11.5 Å². The second-order valence-corrected chi connectivity index (χ2v) is 6.89. The number of carbonyl (C=O) groups excluding carboxylic acids is 2. The van der Waals surface area contributed by atoms with Gasteiger partial charge in [0.2, 0.25) is 0 Å². The van der Waals surface area contributed by atoms with E-state index in [1.54, 1.807) is 31.4 Å². The highest BCUT2D eigenvalue weighted by molar-refractivity contribution is 5.89. The fourth-order valence-corrected chi connectivity index (χ4v) is 2.80. The normalized spacial score (nSPS) is 10.2. The number of esters is 2. The van der Waals surface area contributed by atoms with Crippen LogP contribution in [-0.4, -0.2) is 38.9 Å². The second-order valence-electron chi connectivity index (χ2n) is 6.89. The molecule has 2 rings (SSSR count). The number of hydrogen-bond acceptors (Lipinski definition) is 6. The molecule has 0 aliphatic carbocycles. The first-order valence-electron chi connectivity index (χ1n) is 10.4. The van der Waals surface area contributed by atoms with Gasteiger partial charge in [0.25, 0.3) is 0 Å². The molecular formula is C25H30O6. The fraction of sp³-hybridized carbons (Fsp3) is 0.360. The number of hydrogen-bond donors (Lipinski definition) is 0. The van der Waals surface area contributed by atoms with Crippen molar-refractivity contribution in [2.24, 2.45) is 0 Å². The Bertz CT molecular complexity index is 811. The van der Waals surface area contributed by atoms with Crippen LogP contribution in [0.4, 0.5) is 0 Å². The van der Waals surface area contributed by atoms with Crippen LogP contribution in [0.1, 0.15) is 41.6 Å². The third-order valence-corrected chi connectivity index (χ3v) is 4.59. The summed E-state index contributed by atoms with van der Waals surface area (Å²) in [6.07, 6.45) is 5.51. The molecule has 31 heavy (non-hydrogen) atoms. The number of carbonyl (C=O) groups is 2. The maximum atomic E-state index is 12.2. The zero-order valence-electron chi connectivity index (χ0n) is 18.0. The largest absolute Gasteiger partial charge is 0.497 e. The summed E-state index contributed by atoms with van der Waals surface area (Å²) in [5, 5.41) is 0. The summed E-state index contributed by atoms with van der Waals surface area (Å²) in [6.45, 7) is 4.68. The summed E-state index contributed by atoms with van der Waals surface area (Å²) >= 11 is 0. The number of ether oxygens (including phenoxy) is 4. The van der Waals surface area contributed by atoms with E-state index in [9.17, 15) is 9.59 Å². The Balaban J connectivity index is 1.59. The molecule has 0 amide bonds. The number of rotatable bonds is 14. The van der Waals surface area contributed by atoms with Crippen LogP contribution in [-0.2, 0) is 20.7 Å². The minimum absolute atomic E-state index is 0.316. The molecule has 6 nitrogen and oxygen atoms in total. The van der Waals surface area contributed by atoms with E-state index in [2.05, 4.69) is 6.58 Å². The van der Waals surface area contributed by atoms with Crippen LogP contribution >= 0.6 is 0 Å². The molecule has 0 aliphatic heterocycles. The lowest BCUT2D eigenvalue weighted by Gasteiger charge is -2.08. The summed E-state index contributed by atoms with van der Waals surface area (Å²) in [7, 11) is 1.63. The van der Waals surface area contributed by atoms with Crippen LogP contribution in [0, 0.1) is 0 Å². The maximum Gasteiger partial charge on any atom is 0.338 e. The van der Waals surface area contributed by atoms with Gasteiger partial charge in [-0.05, 0) is 67.6 Å². The van der Waals surface area contributed by atoms with Crippen LogP contribution in [0.5, 0.6) is 11.5 Å². The molecule has 6 heteroatoms. The molecule has 0 saturated heterocycles. The van der Waals surface area contributed by atoms with Gasteiger partial charge in [0, 0.05) is 12.5 Å². The van der Waals surface area contributed by atoms with E-state index in [0.717, 1.165) is 42.7 Å². The molecule has 0 fully saturated rings. The average Bonchev–Trinajstić information content (AvgIpc) is 2.81. The van der Waals surface area contributed by atoms with Gasteiger partial charge in [0.05, 0.1) is 32.5 Å². The van der Waals surface area contributed by atoms with Gasteiger partial charge in [-0.1, -0.05) is 18.7 Å². The minimum atomic E-state index is -0.382. The van der Waals surface area contributed by atoms with E-state index in [4.69, 9.17) is 18.9 Å². The topological polar surface area (TPSA) is 71.1 Å². The van der Waals surface area contributed by atoms with Crippen molar-refractivity contribution in [3.05, 3.63) is 72.3 Å². The Morgan fingerprint density at radius 2 is 1.45 bits per heavy atom. The minimum Gasteiger partial charge on any atom is -0.497 e. The summed E-state index contributed by atoms with van der Waals surface area (Å²) in [5.74, 6) is 0.786. The smallest absolute Gasteiger partial charge is 0.338 e. The zero-order chi connectivity index (χ0) is 22.3. The first-order chi connectivity index (χ1) is 15.1. The molecular weight excluding hydrogens is 396 g/mol. The monoisotopic (exact) mass is 426 g/mol. The molecule has 0 aromatic heterocycles. The van der Waals surface area contributed by atoms with Crippen molar-refractivity contribution in [3.63, 3.8) is 0 Å². The van der Waals surface area contributed by atoms with Crippen LogP contribution in [0.15, 0.2) is 61.2 Å². The Kier molecular flexibility index (Phi) is 10.7. The van der Waals surface area contributed by atoms with E-state index >= 15 is 0 Å². The standard InChI is InChI=1S/C25H30O6/c1-3-24(26)30-18-7-5-4-6-17-29-23-14-10-21(11-15-23)25(27)31-19-16-20-8-12-22(28-2)13-9-20/h3,8-15H,1,4-7,16-19H2,2H3. The van der Waals surface area contributed by atoms with E-state index < -0.39 is 0 Å². The van der Waals surface area contributed by atoms with Gasteiger partial charge in [-0.15, -0.1) is 0 Å². The Morgan fingerprint density at radius 1 is 0.806 bits per heavy atom. The Labute approximate surface area is 183 Å². The van der Waals surface area contributed by atoms with E-state index in [1.165, 1.54) is 6.08 Å². The van der Waals surface area contributed by atoms with Gasteiger partial charge < -0.3 is 18.9 Å². The van der Waals surface area contributed by atoms with Crippen LogP contribution in [0.2, 0.25) is 0 Å². The van der Waals surface area contributed by atoms with Crippen molar-refractivity contribution < 1.29 is 28.5 Å². The quantitative estimate of drug-likeness (QED) is 0.246. The Hall–Kier alpha value is -3.28. The molecule has 0 saturated carbocycles. The number of unbranched alkanes of at least 4 members (excludes halogenated alkanes) is 3. The molecule has 0 atom stereocenters. The fourth-order valence-electron chi connectivity index (χ4n) is 2.80. The van der Waals surface area contributed by atoms with Crippen molar-refractivity contribution in [2.45, 2.75) is 32.1 Å². The highest BCUT2D eigenvalue weighted by Crippen LogP contribution is 2.15. The van der Waals surface area contributed by atoms with E-state index in [0.29, 0.717) is 31.8 Å². The van der Waals surface area contributed by atoms with E-state index in [-0.39, 0.29) is 11.9 Å². The first kappa shape index (κ1) is 24.0. The molecule has 2 aromatic rings. The highest BCUT2D eigenvalue weighted by atomic mass is 16.5. The van der Waals surface area contributed by atoms with Crippen molar-refractivity contribution in [1.29, 1.82) is 0 Å². The molecule has 0 spiro atoms. The second kappa shape index (κ2) is 13.9. The molecule has 0 radical (unpaired) electrons. The van der Waals surface area contributed by atoms with Crippen LogP contribution in [0.25, 0.3) is 0 Å². The summed E-state index contributed by atoms with van der Waals surface area (Å²) in [5.41, 5.74) is 1.58. The third kappa shape index (κ3) is 9.38. The van der Waals surface area contributed by atoms with E-state index in [1.807, 2.05) is 24.3 Å². The first-order valence-corrected chi connectivity index (χ1v) is 10.4. The van der Waals surface area contributed by atoms with Gasteiger partial charge in [-0.25, -0.2) is 9.59 Å². The Morgan fingerprint density at radius 3 is 2.10 bits per heavy atom. The van der Waals surface area contributed by atoms with Crippen LogP contribution in [0.3, 0.4) is 0 Å². The maximum absolute atomic E-state index is 12.2. The summed E-state index contributed by atoms with van der Waals surface area (Å²) < 4.78 is 21.1. The lowest BCUT2D eigenvalue weighted by atomic mass is 10.1. The van der Waals surface area contributed by atoms with Crippen molar-refractivity contribution in [3.8, 4) is 11.5 Å². The summed E-state index contributed by atoms with van der Waals surface area (Å²) in [4.78, 5) is 23.1. The lowest BCUT2D eigenvalue weighted by Crippen LogP contribution is -2.08. The van der Waals surface area contributed by atoms with Crippen molar-refractivity contribution >= 4 is 11.9 Å². The van der Waals surface area contributed by atoms with Gasteiger partial charge in [0.15, 0.2) is 0 Å². The SMILES string of the molecule is C=CC(=O)OCCCCCCOc1ccc(C(=O)OCCc2ccc(OC)cc2)cc1. The van der Waals surface area contributed by atoms with Crippen LogP contribution < -0.4 is 9.47 Å². The molecule has 0 heterocycles. The predicted octanol–water partition coefficient (Wildman–Crippen LogP) is 4.76. The molecule has 2 aromatic carbocycles. The van der Waals surface area contributed by atoms with Crippen molar-refractivity contribution in [2.75, 3.05) is 26.9 Å². The zero-order valence-corrected chi connectivity index (χ0v) is 18.0. The lowest BCUT2D eigenvalue weighted by molar-refractivity contribution is -0.137. The van der Waals surface area contributed by atoms with Gasteiger partial charge in [-0.2, -0.15) is 0 Å². The molecule has 166 valence electrons. The predicted molar refractivity (Wildman–Crippen MR) is 119 cm³/mol. The number of methoxy groups -OCH3 is 1. The highest BCUT2D eigenvalue weighted by Gasteiger charge is 2.07. The number of benzene rings is 2. The molecule has 0 aliphatic rings. The molecule has 0 unspecified atom stereocenters. The average molecular weight is 427 g/mol.